The summed E-state index contributed by atoms with van der Waals surface area (Å²) in [5.41, 5.74) is 1.02. The molecule has 28 heavy (non-hydrogen) atoms. The number of alkyl halides is 3. The quantitative estimate of drug-likeness (QED) is 0.688. The molecule has 0 unspecified atom stereocenters. The molecule has 0 N–H and O–H groups in total. The van der Waals surface area contributed by atoms with Gasteiger partial charge in [-0.15, -0.1) is 5.10 Å². The van der Waals surface area contributed by atoms with Gasteiger partial charge in [-0.3, -0.25) is 4.90 Å². The number of hydrogen-bond acceptors (Lipinski definition) is 5. The number of halogens is 3. The van der Waals surface area contributed by atoms with Crippen molar-refractivity contribution in [3.8, 4) is 5.69 Å². The molecule has 6 nitrogen and oxygen atoms in total. The minimum Gasteiger partial charge on any atom is -0.369 e. The van der Waals surface area contributed by atoms with Crippen LogP contribution in [0.15, 0.2) is 54.6 Å². The number of anilines is 1. The lowest BCUT2D eigenvalue weighted by atomic mass is 10.2. The molecule has 146 valence electrons. The standard InChI is InChI=1S/C19H19F3N6/c20-19(21,22)15-6-8-17(9-7-15)28-18(23-24-25-28)14-26-10-12-27(13-11-26)16-4-2-1-3-5-16/h1-9H,10-14H2. The molecule has 0 amide bonds. The Bertz CT molecular complexity index is 899. The molecular weight excluding hydrogens is 369 g/mol. The maximum Gasteiger partial charge on any atom is 0.416 e. The summed E-state index contributed by atoms with van der Waals surface area (Å²) < 4.78 is 39.7. The fourth-order valence-electron chi connectivity index (χ4n) is 3.30. The zero-order valence-electron chi connectivity index (χ0n) is 15.0. The molecule has 0 spiro atoms. The topological polar surface area (TPSA) is 50.1 Å². The van der Waals surface area contributed by atoms with Crippen LogP contribution in [0.2, 0.25) is 0 Å². The minimum atomic E-state index is -4.36. The Labute approximate surface area is 160 Å². The van der Waals surface area contributed by atoms with Crippen LogP contribution in [0.25, 0.3) is 5.69 Å². The molecule has 1 saturated heterocycles. The van der Waals surface area contributed by atoms with Crippen LogP contribution in [0.5, 0.6) is 0 Å². The number of nitrogens with zero attached hydrogens (tertiary/aromatic N) is 6. The highest BCUT2D eigenvalue weighted by atomic mass is 19.4. The van der Waals surface area contributed by atoms with Crippen LogP contribution in [0, 0.1) is 0 Å². The molecule has 0 bridgehead atoms. The van der Waals surface area contributed by atoms with Crippen LogP contribution in [0.3, 0.4) is 0 Å². The molecule has 1 aromatic heterocycles. The van der Waals surface area contributed by atoms with Crippen molar-refractivity contribution < 1.29 is 13.2 Å². The first-order valence-corrected chi connectivity index (χ1v) is 8.98. The second-order valence-corrected chi connectivity index (χ2v) is 6.65. The van der Waals surface area contributed by atoms with Crippen molar-refractivity contribution in [1.82, 2.24) is 25.1 Å². The molecule has 2 heterocycles. The summed E-state index contributed by atoms with van der Waals surface area (Å²) in [5.74, 6) is 0.605. The molecule has 1 aliphatic heterocycles. The van der Waals surface area contributed by atoms with Gasteiger partial charge in [-0.05, 0) is 46.8 Å². The van der Waals surface area contributed by atoms with E-state index in [0.29, 0.717) is 18.1 Å². The Hall–Kier alpha value is -2.94. The molecule has 2 aromatic carbocycles. The fraction of sp³-hybridized carbons (Fsp3) is 0.316. The van der Waals surface area contributed by atoms with Gasteiger partial charge in [0.05, 0.1) is 17.8 Å². The van der Waals surface area contributed by atoms with E-state index in [1.807, 2.05) is 18.2 Å². The summed E-state index contributed by atoms with van der Waals surface area (Å²) >= 11 is 0. The normalized spacial score (nSPS) is 15.8. The molecule has 1 fully saturated rings. The van der Waals surface area contributed by atoms with Gasteiger partial charge in [0.2, 0.25) is 0 Å². The predicted octanol–water partition coefficient (Wildman–Crippen LogP) is 3.00. The van der Waals surface area contributed by atoms with Crippen LogP contribution >= 0.6 is 0 Å². The van der Waals surface area contributed by atoms with Crippen LogP contribution in [-0.2, 0) is 12.7 Å². The molecule has 0 radical (unpaired) electrons. The highest BCUT2D eigenvalue weighted by Gasteiger charge is 2.30. The van der Waals surface area contributed by atoms with Gasteiger partial charge in [0, 0.05) is 31.9 Å². The van der Waals surface area contributed by atoms with Crippen LogP contribution in [-0.4, -0.2) is 51.3 Å². The fourth-order valence-corrected chi connectivity index (χ4v) is 3.30. The first-order valence-electron chi connectivity index (χ1n) is 8.98. The van der Waals surface area contributed by atoms with Crippen LogP contribution in [0.1, 0.15) is 11.4 Å². The second kappa shape index (κ2) is 7.59. The number of rotatable bonds is 4. The third-order valence-electron chi connectivity index (χ3n) is 4.83. The summed E-state index contributed by atoms with van der Waals surface area (Å²) in [5, 5.41) is 11.7. The predicted molar refractivity (Wildman–Crippen MR) is 98.1 cm³/mol. The van der Waals surface area contributed by atoms with Crippen molar-refractivity contribution in [2.45, 2.75) is 12.7 Å². The van der Waals surface area contributed by atoms with Gasteiger partial charge < -0.3 is 4.90 Å². The number of hydrogen-bond donors (Lipinski definition) is 0. The zero-order valence-corrected chi connectivity index (χ0v) is 15.0. The lowest BCUT2D eigenvalue weighted by Gasteiger charge is -2.35. The average molecular weight is 388 g/mol. The molecule has 3 aromatic rings. The average Bonchev–Trinajstić information content (AvgIpc) is 3.17. The number of benzene rings is 2. The Balaban J connectivity index is 1.41. The maximum atomic E-state index is 12.7. The van der Waals surface area contributed by atoms with Crippen LogP contribution < -0.4 is 4.90 Å². The molecule has 1 aliphatic rings. The van der Waals surface area contributed by atoms with E-state index in [0.717, 1.165) is 38.3 Å². The van der Waals surface area contributed by atoms with Gasteiger partial charge >= 0.3 is 6.18 Å². The van der Waals surface area contributed by atoms with Crippen molar-refractivity contribution in [2.24, 2.45) is 0 Å². The summed E-state index contributed by atoms with van der Waals surface area (Å²) in [6, 6.07) is 15.1. The van der Waals surface area contributed by atoms with Gasteiger partial charge in [0.1, 0.15) is 0 Å². The van der Waals surface area contributed by atoms with E-state index in [2.05, 4.69) is 37.5 Å². The van der Waals surface area contributed by atoms with Gasteiger partial charge in [-0.1, -0.05) is 18.2 Å². The van der Waals surface area contributed by atoms with Gasteiger partial charge in [0.25, 0.3) is 0 Å². The van der Waals surface area contributed by atoms with E-state index in [-0.39, 0.29) is 0 Å². The first kappa shape index (κ1) is 18.4. The highest BCUT2D eigenvalue weighted by Crippen LogP contribution is 2.29. The SMILES string of the molecule is FC(F)(F)c1ccc(-n2nnnc2CN2CCN(c3ccccc3)CC2)cc1. The van der Waals surface area contributed by atoms with E-state index in [9.17, 15) is 13.2 Å². The third kappa shape index (κ3) is 3.99. The maximum absolute atomic E-state index is 12.7. The second-order valence-electron chi connectivity index (χ2n) is 6.65. The molecule has 0 aliphatic carbocycles. The number of piperazine rings is 1. The Morgan fingerprint density at radius 1 is 0.821 bits per heavy atom. The molecule has 9 heteroatoms. The highest BCUT2D eigenvalue weighted by molar-refractivity contribution is 5.46. The lowest BCUT2D eigenvalue weighted by molar-refractivity contribution is -0.137. The van der Waals surface area contributed by atoms with Gasteiger partial charge in [0.15, 0.2) is 5.82 Å². The Kier molecular flexibility index (Phi) is 4.99. The van der Waals surface area contributed by atoms with Gasteiger partial charge in [-0.25, -0.2) is 0 Å². The largest absolute Gasteiger partial charge is 0.416 e. The number of aromatic nitrogens is 4. The van der Waals surface area contributed by atoms with Crippen molar-refractivity contribution in [1.29, 1.82) is 0 Å². The van der Waals surface area contributed by atoms with E-state index in [1.54, 1.807) is 0 Å². The number of tetrazole rings is 1. The summed E-state index contributed by atoms with van der Waals surface area (Å²) in [4.78, 5) is 4.57. The van der Waals surface area contributed by atoms with Crippen molar-refractivity contribution in [3.63, 3.8) is 0 Å². The van der Waals surface area contributed by atoms with Crippen molar-refractivity contribution in [2.75, 3.05) is 31.1 Å². The van der Waals surface area contributed by atoms with Crippen molar-refractivity contribution >= 4 is 5.69 Å². The lowest BCUT2D eigenvalue weighted by Crippen LogP contribution is -2.46. The van der Waals surface area contributed by atoms with Crippen molar-refractivity contribution in [3.05, 3.63) is 66.0 Å². The summed E-state index contributed by atoms with van der Waals surface area (Å²) in [7, 11) is 0. The summed E-state index contributed by atoms with van der Waals surface area (Å²) in [6.45, 7) is 4.04. The van der Waals surface area contributed by atoms with E-state index >= 15 is 0 Å². The smallest absolute Gasteiger partial charge is 0.369 e. The molecule has 4 rings (SSSR count). The Morgan fingerprint density at radius 2 is 1.50 bits per heavy atom. The Morgan fingerprint density at radius 3 is 2.14 bits per heavy atom. The molecule has 0 saturated carbocycles. The van der Waals surface area contributed by atoms with E-state index in [4.69, 9.17) is 0 Å². The molecular formula is C19H19F3N6. The third-order valence-corrected chi connectivity index (χ3v) is 4.83. The van der Waals surface area contributed by atoms with E-state index in [1.165, 1.54) is 22.5 Å². The monoisotopic (exact) mass is 388 g/mol. The first-order chi connectivity index (χ1) is 13.5. The zero-order chi connectivity index (χ0) is 19.6. The molecule has 0 atom stereocenters. The van der Waals surface area contributed by atoms with E-state index < -0.39 is 11.7 Å². The summed E-state index contributed by atoms with van der Waals surface area (Å²) in [6.07, 6.45) is -4.36. The van der Waals surface area contributed by atoms with Gasteiger partial charge in [-0.2, -0.15) is 17.9 Å². The minimum absolute atomic E-state index is 0.510. The van der Waals surface area contributed by atoms with Crippen LogP contribution in [0.4, 0.5) is 18.9 Å². The number of para-hydroxylation sites is 1.